The van der Waals surface area contributed by atoms with E-state index in [1.807, 2.05) is 12.1 Å². The van der Waals surface area contributed by atoms with Gasteiger partial charge in [-0.25, -0.2) is 0 Å². The van der Waals surface area contributed by atoms with E-state index in [1.165, 1.54) is 47.1 Å². The SMILES string of the molecule is CCCCN1CCC2(c3cccc(O)c3)CC1Cc1[nH]c3ccccc3c12. The van der Waals surface area contributed by atoms with Crippen LogP contribution >= 0.6 is 0 Å². The molecule has 0 saturated carbocycles. The second-order valence-electron chi connectivity index (χ2n) is 8.36. The molecule has 1 aliphatic heterocycles. The number of para-hydroxylation sites is 1. The second-order valence-corrected chi connectivity index (χ2v) is 8.36. The fourth-order valence-corrected chi connectivity index (χ4v) is 5.58. The van der Waals surface area contributed by atoms with Gasteiger partial charge in [0.1, 0.15) is 5.75 Å². The molecule has 0 spiro atoms. The summed E-state index contributed by atoms with van der Waals surface area (Å²) in [6, 6.07) is 17.3. The van der Waals surface area contributed by atoms with Crippen molar-refractivity contribution in [1.29, 1.82) is 0 Å². The number of phenols is 1. The van der Waals surface area contributed by atoms with Crippen molar-refractivity contribution in [2.75, 3.05) is 13.1 Å². The summed E-state index contributed by atoms with van der Waals surface area (Å²) in [5, 5.41) is 11.6. The molecule has 0 radical (unpaired) electrons. The van der Waals surface area contributed by atoms with E-state index in [0.29, 0.717) is 11.8 Å². The highest BCUT2D eigenvalue weighted by Crippen LogP contribution is 2.52. The molecule has 2 atom stereocenters. The number of hydrogen-bond acceptors (Lipinski definition) is 2. The van der Waals surface area contributed by atoms with E-state index >= 15 is 0 Å². The van der Waals surface area contributed by atoms with Crippen molar-refractivity contribution < 1.29 is 5.11 Å². The minimum atomic E-state index is -0.000687. The zero-order chi connectivity index (χ0) is 18.4. The Hall–Kier alpha value is -2.26. The topological polar surface area (TPSA) is 39.3 Å². The van der Waals surface area contributed by atoms with Crippen molar-refractivity contribution in [3.05, 3.63) is 65.4 Å². The number of piperidine rings is 1. The van der Waals surface area contributed by atoms with Crippen LogP contribution in [0.2, 0.25) is 0 Å². The molecular weight excluding hydrogens is 332 g/mol. The predicted octanol–water partition coefficient (Wildman–Crippen LogP) is 4.98. The lowest BCUT2D eigenvalue weighted by Gasteiger charge is -2.51. The zero-order valence-electron chi connectivity index (χ0n) is 16.0. The highest BCUT2D eigenvalue weighted by molar-refractivity contribution is 5.87. The van der Waals surface area contributed by atoms with E-state index in [9.17, 15) is 5.11 Å². The molecule has 1 aromatic heterocycles. The molecular formula is C24H28N2O. The van der Waals surface area contributed by atoms with Crippen molar-refractivity contribution in [3.63, 3.8) is 0 Å². The first kappa shape index (κ1) is 16.9. The molecule has 2 aliphatic rings. The number of hydrogen-bond donors (Lipinski definition) is 2. The maximum atomic E-state index is 10.2. The number of aromatic hydroxyl groups is 1. The monoisotopic (exact) mass is 360 g/mol. The molecule has 140 valence electrons. The van der Waals surface area contributed by atoms with Crippen LogP contribution in [0.25, 0.3) is 10.9 Å². The normalized spacial score (nSPS) is 24.9. The van der Waals surface area contributed by atoms with Gasteiger partial charge < -0.3 is 10.1 Å². The van der Waals surface area contributed by atoms with Gasteiger partial charge in [0.15, 0.2) is 0 Å². The summed E-state index contributed by atoms with van der Waals surface area (Å²) in [5.74, 6) is 0.374. The highest BCUT2D eigenvalue weighted by atomic mass is 16.3. The van der Waals surface area contributed by atoms with E-state index < -0.39 is 0 Å². The van der Waals surface area contributed by atoms with Crippen molar-refractivity contribution >= 4 is 10.9 Å². The summed E-state index contributed by atoms with van der Waals surface area (Å²) in [5.41, 5.74) is 5.40. The quantitative estimate of drug-likeness (QED) is 0.689. The van der Waals surface area contributed by atoms with Gasteiger partial charge in [-0.2, -0.15) is 0 Å². The second kappa shape index (κ2) is 6.42. The lowest BCUT2D eigenvalue weighted by molar-refractivity contribution is 0.0944. The van der Waals surface area contributed by atoms with Gasteiger partial charge >= 0.3 is 0 Å². The number of nitrogens with zero attached hydrogens (tertiary/aromatic N) is 1. The maximum absolute atomic E-state index is 10.2. The first-order valence-electron chi connectivity index (χ1n) is 10.3. The molecule has 5 rings (SSSR count). The predicted molar refractivity (Wildman–Crippen MR) is 110 cm³/mol. The third-order valence-corrected chi connectivity index (χ3v) is 6.83. The van der Waals surface area contributed by atoms with Crippen LogP contribution in [0, 0.1) is 0 Å². The molecule has 3 heteroatoms. The number of aromatic nitrogens is 1. The van der Waals surface area contributed by atoms with E-state index in [-0.39, 0.29) is 5.41 Å². The Bertz CT molecular complexity index is 975. The summed E-state index contributed by atoms with van der Waals surface area (Å²) in [4.78, 5) is 6.45. The number of benzene rings is 2. The molecule has 0 amide bonds. The van der Waals surface area contributed by atoms with E-state index in [4.69, 9.17) is 0 Å². The Morgan fingerprint density at radius 1 is 1.19 bits per heavy atom. The van der Waals surface area contributed by atoms with Gasteiger partial charge in [0, 0.05) is 34.5 Å². The van der Waals surface area contributed by atoms with Crippen molar-refractivity contribution in [2.45, 2.75) is 50.5 Å². The molecule has 2 heterocycles. The number of nitrogens with one attached hydrogen (secondary N) is 1. The molecule has 2 bridgehead atoms. The van der Waals surface area contributed by atoms with Crippen LogP contribution in [0.1, 0.15) is 49.4 Å². The lowest BCUT2D eigenvalue weighted by atomic mass is 9.61. The number of fused-ring (bicyclic) bond motifs is 6. The summed E-state index contributed by atoms with van der Waals surface area (Å²) in [7, 11) is 0. The van der Waals surface area contributed by atoms with Gasteiger partial charge in [0.2, 0.25) is 0 Å². The van der Waals surface area contributed by atoms with Gasteiger partial charge in [-0.1, -0.05) is 43.7 Å². The lowest BCUT2D eigenvalue weighted by Crippen LogP contribution is -2.53. The third kappa shape index (κ3) is 2.60. The molecule has 1 saturated heterocycles. The summed E-state index contributed by atoms with van der Waals surface area (Å²) in [6.45, 7) is 4.61. The fourth-order valence-electron chi connectivity index (χ4n) is 5.58. The number of H-pyrrole nitrogens is 1. The van der Waals surface area contributed by atoms with E-state index in [1.54, 1.807) is 6.07 Å². The molecule has 3 aromatic rings. The molecule has 1 fully saturated rings. The van der Waals surface area contributed by atoms with E-state index in [0.717, 1.165) is 25.8 Å². The largest absolute Gasteiger partial charge is 0.508 e. The van der Waals surface area contributed by atoms with Crippen LogP contribution < -0.4 is 0 Å². The first-order chi connectivity index (χ1) is 13.2. The summed E-state index contributed by atoms with van der Waals surface area (Å²) < 4.78 is 0. The summed E-state index contributed by atoms with van der Waals surface area (Å²) >= 11 is 0. The van der Waals surface area contributed by atoms with Crippen LogP contribution in [0.4, 0.5) is 0 Å². The Morgan fingerprint density at radius 2 is 2.07 bits per heavy atom. The fraction of sp³-hybridized carbons (Fsp3) is 0.417. The third-order valence-electron chi connectivity index (χ3n) is 6.83. The van der Waals surface area contributed by atoms with Crippen molar-refractivity contribution in [2.24, 2.45) is 0 Å². The van der Waals surface area contributed by atoms with Crippen LogP contribution in [0.5, 0.6) is 5.75 Å². The van der Waals surface area contributed by atoms with E-state index in [2.05, 4.69) is 47.1 Å². The van der Waals surface area contributed by atoms with Crippen LogP contribution in [-0.4, -0.2) is 34.1 Å². The van der Waals surface area contributed by atoms with Crippen molar-refractivity contribution in [1.82, 2.24) is 9.88 Å². The summed E-state index contributed by atoms with van der Waals surface area (Å²) in [6.07, 6.45) is 5.89. The number of phenolic OH excluding ortho intramolecular Hbond substituents is 1. The number of likely N-dealkylation sites (tertiary alicyclic amines) is 1. The Balaban J connectivity index is 1.69. The molecule has 2 N–H and O–H groups in total. The Labute approximate surface area is 161 Å². The number of unbranched alkanes of at least 4 members (excludes halogenated alkanes) is 1. The smallest absolute Gasteiger partial charge is 0.115 e. The average molecular weight is 361 g/mol. The minimum Gasteiger partial charge on any atom is -0.508 e. The van der Waals surface area contributed by atoms with Gasteiger partial charge in [-0.05, 0) is 61.7 Å². The zero-order valence-corrected chi connectivity index (χ0v) is 16.0. The molecule has 3 nitrogen and oxygen atoms in total. The average Bonchev–Trinajstić information content (AvgIpc) is 3.06. The van der Waals surface area contributed by atoms with Crippen LogP contribution in [-0.2, 0) is 11.8 Å². The van der Waals surface area contributed by atoms with Gasteiger partial charge in [-0.3, -0.25) is 4.90 Å². The Morgan fingerprint density at radius 3 is 2.93 bits per heavy atom. The molecule has 27 heavy (non-hydrogen) atoms. The standard InChI is InChI=1S/C24H28N2O/c1-2-3-12-26-13-11-24(17-7-6-8-19(27)14-17)16-18(26)15-22-23(24)20-9-4-5-10-21(20)25-22/h4-10,14,18,25,27H,2-3,11-13,15-16H2,1H3. The molecule has 1 aliphatic carbocycles. The van der Waals surface area contributed by atoms with Gasteiger partial charge in [0.05, 0.1) is 0 Å². The minimum absolute atomic E-state index is 0.000687. The molecule has 2 unspecified atom stereocenters. The van der Waals surface area contributed by atoms with Gasteiger partial charge in [0.25, 0.3) is 0 Å². The maximum Gasteiger partial charge on any atom is 0.115 e. The number of rotatable bonds is 4. The van der Waals surface area contributed by atoms with Crippen molar-refractivity contribution in [3.8, 4) is 5.75 Å². The Kier molecular flexibility index (Phi) is 4.01. The highest BCUT2D eigenvalue weighted by Gasteiger charge is 2.48. The van der Waals surface area contributed by atoms with Gasteiger partial charge in [-0.15, -0.1) is 0 Å². The van der Waals surface area contributed by atoms with Crippen LogP contribution in [0.3, 0.4) is 0 Å². The number of aromatic amines is 1. The van der Waals surface area contributed by atoms with Crippen LogP contribution in [0.15, 0.2) is 48.5 Å². The molecule has 2 aromatic carbocycles. The first-order valence-corrected chi connectivity index (χ1v) is 10.3.